The topological polar surface area (TPSA) is 60.4 Å². The Morgan fingerprint density at radius 1 is 1.16 bits per heavy atom. The molecule has 0 unspecified atom stereocenters. The van der Waals surface area contributed by atoms with Gasteiger partial charge in [-0.1, -0.05) is 34.1 Å². The summed E-state index contributed by atoms with van der Waals surface area (Å²) in [5, 5.41) is 8.66. The highest BCUT2D eigenvalue weighted by molar-refractivity contribution is 9.09. The summed E-state index contributed by atoms with van der Waals surface area (Å²) >= 11 is 3.10. The maximum Gasteiger partial charge on any atom is 0.416 e. The first-order chi connectivity index (χ1) is 14.8. The molecule has 5 nitrogen and oxygen atoms in total. The Balaban J connectivity index is 2.12. The number of hydrogen-bond donors (Lipinski definition) is 1. The number of alkyl halides is 4. The average molecular weight is 489 g/mol. The van der Waals surface area contributed by atoms with Crippen LogP contribution in [0.5, 0.6) is 5.75 Å². The van der Waals surface area contributed by atoms with Gasteiger partial charge in [0.05, 0.1) is 28.8 Å². The summed E-state index contributed by atoms with van der Waals surface area (Å²) in [6.45, 7) is 0. The number of aromatic nitrogens is 2. The molecule has 1 aliphatic carbocycles. The summed E-state index contributed by atoms with van der Waals surface area (Å²) in [4.78, 5) is 15.4. The van der Waals surface area contributed by atoms with Gasteiger partial charge >= 0.3 is 12.1 Å². The van der Waals surface area contributed by atoms with Gasteiger partial charge in [-0.2, -0.15) is 13.2 Å². The maximum absolute atomic E-state index is 13.3. The monoisotopic (exact) mass is 488 g/mol. The number of carbonyl (C=O) groups excluding carboxylic acids is 1. The van der Waals surface area contributed by atoms with Crippen LogP contribution < -0.4 is 9.10 Å². The molecule has 0 saturated carbocycles. The van der Waals surface area contributed by atoms with E-state index in [4.69, 9.17) is 4.74 Å². The number of amides is 1. The van der Waals surface area contributed by atoms with Gasteiger partial charge in [0.25, 0.3) is 10.9 Å². The lowest BCUT2D eigenvalue weighted by molar-refractivity contribution is -0.523. The van der Waals surface area contributed by atoms with Crippen molar-refractivity contribution in [1.82, 2.24) is 4.98 Å². The normalized spacial score (nSPS) is 13.1. The highest BCUT2D eigenvalue weighted by Crippen LogP contribution is 2.37. The van der Waals surface area contributed by atoms with Crippen molar-refractivity contribution >= 4 is 54.4 Å². The molecule has 1 heterocycles. The van der Waals surface area contributed by atoms with E-state index in [1.807, 2.05) is 30.3 Å². The van der Waals surface area contributed by atoms with E-state index in [2.05, 4.69) is 26.0 Å². The third kappa shape index (κ3) is 2.95. The van der Waals surface area contributed by atoms with E-state index in [1.165, 1.54) is 17.5 Å². The Hall–Kier alpha value is -3.20. The highest BCUT2D eigenvalue weighted by atomic mass is 79.9. The van der Waals surface area contributed by atoms with Crippen LogP contribution in [0.2, 0.25) is 0 Å². The number of aromatic amines is 1. The van der Waals surface area contributed by atoms with Crippen molar-refractivity contribution < 1.29 is 27.1 Å². The van der Waals surface area contributed by atoms with Gasteiger partial charge in [-0.25, -0.2) is 0 Å². The minimum atomic E-state index is -4.50. The fraction of sp³-hybridized carbons (Fsp3) is 0.136. The summed E-state index contributed by atoms with van der Waals surface area (Å²) in [5.41, 5.74) is -0.244. The lowest BCUT2D eigenvalue weighted by Gasteiger charge is -2.06. The van der Waals surface area contributed by atoms with Crippen LogP contribution >= 0.6 is 15.9 Å². The third-order valence-corrected chi connectivity index (χ3v) is 5.80. The van der Waals surface area contributed by atoms with E-state index in [0.29, 0.717) is 22.0 Å². The van der Waals surface area contributed by atoms with Gasteiger partial charge in [0, 0.05) is 16.6 Å². The number of halogens is 4. The Morgan fingerprint density at radius 2 is 1.97 bits per heavy atom. The minimum absolute atomic E-state index is 0.0179. The number of nitrogens with zero attached hydrogens (tertiary/aromatic N) is 2. The van der Waals surface area contributed by atoms with Gasteiger partial charge in [-0.3, -0.25) is 4.79 Å². The number of H-pyrrole nitrogens is 1. The van der Waals surface area contributed by atoms with Crippen LogP contribution in [0.4, 0.5) is 13.2 Å². The zero-order valence-corrected chi connectivity index (χ0v) is 17.6. The van der Waals surface area contributed by atoms with Gasteiger partial charge < -0.3 is 9.72 Å². The third-order valence-electron chi connectivity index (χ3n) is 5.32. The summed E-state index contributed by atoms with van der Waals surface area (Å²) in [6.07, 6.45) is -4.50. The second-order valence-corrected chi connectivity index (χ2v) is 7.62. The first-order valence-electron chi connectivity index (χ1n) is 9.27. The van der Waals surface area contributed by atoms with Crippen LogP contribution in [0.3, 0.4) is 0 Å². The SMILES string of the molecule is COc1ccc2cccc3c4[n+](=NC(=O)CBr)c5ccc(C(F)(F)F)cc5[nH]c=4c1c23. The van der Waals surface area contributed by atoms with Crippen molar-refractivity contribution in [2.45, 2.75) is 6.18 Å². The van der Waals surface area contributed by atoms with Crippen LogP contribution in [0.1, 0.15) is 5.56 Å². The van der Waals surface area contributed by atoms with E-state index >= 15 is 0 Å². The minimum Gasteiger partial charge on any atom is -0.496 e. The lowest BCUT2D eigenvalue weighted by Crippen LogP contribution is -2.24. The van der Waals surface area contributed by atoms with Crippen molar-refractivity contribution in [3.63, 3.8) is 0 Å². The van der Waals surface area contributed by atoms with Crippen LogP contribution in [0.15, 0.2) is 53.6 Å². The summed E-state index contributed by atoms with van der Waals surface area (Å²) < 4.78 is 47.0. The largest absolute Gasteiger partial charge is 0.496 e. The van der Waals surface area contributed by atoms with Gasteiger partial charge in [0.1, 0.15) is 16.6 Å². The van der Waals surface area contributed by atoms with Crippen LogP contribution in [0.25, 0.3) is 32.6 Å². The molecule has 2 aliphatic rings. The molecule has 156 valence electrons. The number of rotatable bonds is 2. The predicted octanol–water partition coefficient (Wildman–Crippen LogP) is 5.19. The molecule has 1 amide bonds. The molecule has 0 spiro atoms. The van der Waals surface area contributed by atoms with E-state index in [1.54, 1.807) is 0 Å². The predicted molar refractivity (Wildman–Crippen MR) is 113 cm³/mol. The zero-order chi connectivity index (χ0) is 21.9. The van der Waals surface area contributed by atoms with Crippen molar-refractivity contribution in [3.8, 4) is 5.75 Å². The molecular formula is C22H14BrF3N3O2+. The maximum atomic E-state index is 13.3. The summed E-state index contributed by atoms with van der Waals surface area (Å²) in [5.74, 6) is 0.106. The average Bonchev–Trinajstić information content (AvgIpc) is 3.09. The molecule has 3 aromatic carbocycles. The van der Waals surface area contributed by atoms with E-state index in [9.17, 15) is 18.0 Å². The van der Waals surface area contributed by atoms with Crippen molar-refractivity contribution in [1.29, 1.82) is 0 Å². The zero-order valence-electron chi connectivity index (χ0n) is 16.0. The summed E-state index contributed by atoms with van der Waals surface area (Å²) in [7, 11) is 1.54. The molecule has 0 saturated heterocycles. The number of benzene rings is 3. The first-order valence-corrected chi connectivity index (χ1v) is 10.4. The summed E-state index contributed by atoms with van der Waals surface area (Å²) in [6, 6.07) is 12.8. The number of fused-ring (bicyclic) bond motifs is 3. The van der Waals surface area contributed by atoms with E-state index < -0.39 is 17.6 Å². The van der Waals surface area contributed by atoms with Gasteiger partial charge in [-0.05, 0) is 34.0 Å². The molecule has 3 aromatic rings. The number of ether oxygens (including phenoxy) is 1. The van der Waals surface area contributed by atoms with Crippen LogP contribution in [-0.4, -0.2) is 23.3 Å². The molecule has 0 fully saturated rings. The van der Waals surface area contributed by atoms with Gasteiger partial charge in [0.15, 0.2) is 0 Å². The Kier molecular flexibility index (Phi) is 4.40. The van der Waals surface area contributed by atoms with Gasteiger partial charge in [0.2, 0.25) is 0 Å². The standard InChI is InChI=1S/C22H13BrF3N3O2/c1-31-16-8-5-11-3-2-4-13-18(11)19(16)20-21(13)29(28-17(30)10-23)15-7-6-12(22(24,25)26)9-14(15)27-20/h2-9H,10H2,1H3/p+1. The second kappa shape index (κ2) is 6.91. The molecule has 0 aromatic heterocycles. The highest BCUT2D eigenvalue weighted by Gasteiger charge is 2.32. The molecular weight excluding hydrogens is 475 g/mol. The molecule has 31 heavy (non-hydrogen) atoms. The molecule has 5 rings (SSSR count). The molecule has 1 aliphatic heterocycles. The van der Waals surface area contributed by atoms with E-state index in [0.717, 1.165) is 33.7 Å². The molecule has 9 heteroatoms. The number of nitrogens with one attached hydrogen (secondary N) is 1. The smallest absolute Gasteiger partial charge is 0.416 e. The lowest BCUT2D eigenvalue weighted by atomic mass is 10.1. The quantitative estimate of drug-likeness (QED) is 0.274. The van der Waals surface area contributed by atoms with E-state index in [-0.39, 0.29) is 10.8 Å². The molecule has 0 bridgehead atoms. The number of hydrogen-bond acceptors (Lipinski definition) is 2. The fourth-order valence-electron chi connectivity index (χ4n) is 4.06. The molecule has 0 radical (unpaired) electrons. The Labute approximate surface area is 180 Å². The number of methoxy groups -OCH3 is 1. The van der Waals surface area contributed by atoms with Crippen molar-refractivity contribution in [2.75, 3.05) is 12.4 Å². The molecule has 1 N–H and O–H groups in total. The van der Waals surface area contributed by atoms with Crippen molar-refractivity contribution in [3.05, 3.63) is 64.8 Å². The van der Waals surface area contributed by atoms with Crippen molar-refractivity contribution in [2.24, 2.45) is 5.11 Å². The first kappa shape index (κ1) is 19.7. The van der Waals surface area contributed by atoms with Gasteiger partial charge in [-0.15, -0.1) is 0 Å². The Bertz CT molecular complexity index is 1630. The second-order valence-electron chi connectivity index (χ2n) is 7.06. The molecule has 0 atom stereocenters. The van der Waals surface area contributed by atoms with Crippen LogP contribution in [0, 0.1) is 10.7 Å². The number of carbonyl (C=O) groups is 1. The Morgan fingerprint density at radius 3 is 2.68 bits per heavy atom. The van der Waals surface area contributed by atoms with Crippen LogP contribution in [-0.2, 0) is 11.0 Å². The fourth-order valence-corrected chi connectivity index (χ4v) is 4.18.